The molecular formula is C25H21N3O4S. The standard InChI is InChI=1S/C25H21N3O4S/c1-3-31-20-8-4-7-17-12-21(32-23(17)20)24(29)28(15-16-6-5-11-26-14-16)25-27-19-10-9-18(30-2)13-22(19)33-25/h4-14H,3,15H2,1-2H3. The van der Waals surface area contributed by atoms with Gasteiger partial charge in [-0.25, -0.2) is 4.98 Å². The number of para-hydroxylation sites is 1. The second kappa shape index (κ2) is 8.91. The summed E-state index contributed by atoms with van der Waals surface area (Å²) in [5, 5.41) is 1.37. The van der Waals surface area contributed by atoms with Gasteiger partial charge in [0, 0.05) is 17.8 Å². The van der Waals surface area contributed by atoms with Crippen LogP contribution >= 0.6 is 11.3 Å². The van der Waals surface area contributed by atoms with Crippen LogP contribution in [0.2, 0.25) is 0 Å². The number of furan rings is 1. The molecule has 3 aromatic heterocycles. The van der Waals surface area contributed by atoms with Gasteiger partial charge in [0.15, 0.2) is 22.2 Å². The average molecular weight is 460 g/mol. The number of hydrogen-bond donors (Lipinski definition) is 0. The number of nitrogens with zero attached hydrogens (tertiary/aromatic N) is 3. The lowest BCUT2D eigenvalue weighted by atomic mass is 10.2. The van der Waals surface area contributed by atoms with Crippen LogP contribution in [0, 0.1) is 0 Å². The van der Waals surface area contributed by atoms with Crippen molar-refractivity contribution in [3.8, 4) is 11.5 Å². The summed E-state index contributed by atoms with van der Waals surface area (Å²) in [6.07, 6.45) is 3.44. The molecule has 2 aromatic carbocycles. The molecule has 0 aliphatic heterocycles. The fraction of sp³-hybridized carbons (Fsp3) is 0.160. The fourth-order valence-corrected chi connectivity index (χ4v) is 4.57. The highest BCUT2D eigenvalue weighted by Crippen LogP contribution is 2.34. The predicted molar refractivity (Wildman–Crippen MR) is 128 cm³/mol. The number of carbonyl (C=O) groups excluding carboxylic acids is 1. The highest BCUT2D eigenvalue weighted by molar-refractivity contribution is 7.22. The van der Waals surface area contributed by atoms with E-state index in [0.717, 1.165) is 26.9 Å². The molecule has 0 atom stereocenters. The van der Waals surface area contributed by atoms with Crippen LogP contribution in [0.1, 0.15) is 23.0 Å². The quantitative estimate of drug-likeness (QED) is 0.311. The second-order valence-electron chi connectivity index (χ2n) is 7.30. The molecule has 7 nitrogen and oxygen atoms in total. The number of carbonyl (C=O) groups is 1. The Bertz CT molecular complexity index is 1430. The van der Waals surface area contributed by atoms with Crippen molar-refractivity contribution in [3.05, 3.63) is 78.3 Å². The predicted octanol–water partition coefficient (Wildman–Crippen LogP) is 5.69. The Morgan fingerprint density at radius 1 is 1.15 bits per heavy atom. The molecule has 0 aliphatic rings. The Morgan fingerprint density at radius 2 is 2.06 bits per heavy atom. The molecule has 0 spiro atoms. The smallest absolute Gasteiger partial charge is 0.296 e. The summed E-state index contributed by atoms with van der Waals surface area (Å²) < 4.78 is 17.9. The summed E-state index contributed by atoms with van der Waals surface area (Å²) in [5.41, 5.74) is 2.23. The minimum absolute atomic E-state index is 0.220. The largest absolute Gasteiger partial charge is 0.497 e. The van der Waals surface area contributed by atoms with E-state index in [1.54, 1.807) is 30.5 Å². The number of anilines is 1. The zero-order chi connectivity index (χ0) is 22.8. The Labute approximate surface area is 194 Å². The van der Waals surface area contributed by atoms with Crippen LogP contribution in [-0.2, 0) is 6.54 Å². The van der Waals surface area contributed by atoms with Crippen molar-refractivity contribution in [1.82, 2.24) is 9.97 Å². The van der Waals surface area contributed by atoms with E-state index in [0.29, 0.717) is 29.6 Å². The summed E-state index contributed by atoms with van der Waals surface area (Å²) in [6.45, 7) is 2.72. The molecule has 0 aliphatic carbocycles. The lowest BCUT2D eigenvalue weighted by Crippen LogP contribution is -2.30. The lowest BCUT2D eigenvalue weighted by molar-refractivity contribution is 0.0960. The van der Waals surface area contributed by atoms with Crippen LogP contribution in [0.25, 0.3) is 21.2 Å². The van der Waals surface area contributed by atoms with Crippen molar-refractivity contribution >= 4 is 43.6 Å². The topological polar surface area (TPSA) is 77.7 Å². The first-order valence-electron chi connectivity index (χ1n) is 10.5. The molecule has 0 unspecified atom stereocenters. The molecule has 3 heterocycles. The molecule has 1 amide bonds. The molecule has 5 rings (SSSR count). The van der Waals surface area contributed by atoms with Gasteiger partial charge in [0.05, 0.1) is 30.5 Å². The number of benzene rings is 2. The minimum atomic E-state index is -0.288. The number of rotatable bonds is 7. The number of thiazole rings is 1. The van der Waals surface area contributed by atoms with E-state index in [2.05, 4.69) is 4.98 Å². The fourth-order valence-electron chi connectivity index (χ4n) is 3.58. The third-order valence-electron chi connectivity index (χ3n) is 5.14. The molecule has 0 bridgehead atoms. The van der Waals surface area contributed by atoms with Gasteiger partial charge < -0.3 is 13.9 Å². The van der Waals surface area contributed by atoms with Gasteiger partial charge in [0.1, 0.15) is 5.75 Å². The number of ether oxygens (including phenoxy) is 2. The van der Waals surface area contributed by atoms with Gasteiger partial charge in [-0.1, -0.05) is 29.5 Å². The van der Waals surface area contributed by atoms with E-state index in [4.69, 9.17) is 18.9 Å². The highest BCUT2D eigenvalue weighted by atomic mass is 32.1. The first-order valence-corrected chi connectivity index (χ1v) is 11.3. The number of methoxy groups -OCH3 is 1. The van der Waals surface area contributed by atoms with Gasteiger partial charge in [-0.15, -0.1) is 0 Å². The third-order valence-corrected chi connectivity index (χ3v) is 6.18. The number of aromatic nitrogens is 2. The zero-order valence-electron chi connectivity index (χ0n) is 18.1. The van der Waals surface area contributed by atoms with Gasteiger partial charge in [-0.2, -0.15) is 0 Å². The van der Waals surface area contributed by atoms with Crippen LogP contribution in [0.5, 0.6) is 11.5 Å². The van der Waals surface area contributed by atoms with Gasteiger partial charge in [-0.05, 0) is 48.9 Å². The van der Waals surface area contributed by atoms with Crippen molar-refractivity contribution < 1.29 is 18.7 Å². The molecule has 8 heteroatoms. The maximum atomic E-state index is 13.7. The van der Waals surface area contributed by atoms with Gasteiger partial charge >= 0.3 is 0 Å². The van der Waals surface area contributed by atoms with E-state index in [1.165, 1.54) is 11.3 Å². The number of amides is 1. The maximum Gasteiger partial charge on any atom is 0.296 e. The average Bonchev–Trinajstić information content (AvgIpc) is 3.47. The normalized spacial score (nSPS) is 11.1. The molecule has 0 saturated heterocycles. The molecule has 5 aromatic rings. The van der Waals surface area contributed by atoms with Crippen molar-refractivity contribution in [3.63, 3.8) is 0 Å². The minimum Gasteiger partial charge on any atom is -0.497 e. The number of hydrogen-bond acceptors (Lipinski definition) is 7. The maximum absolute atomic E-state index is 13.7. The van der Waals surface area contributed by atoms with E-state index >= 15 is 0 Å². The van der Waals surface area contributed by atoms with Crippen molar-refractivity contribution in [2.24, 2.45) is 0 Å². The number of fused-ring (bicyclic) bond motifs is 2. The van der Waals surface area contributed by atoms with Crippen LogP contribution < -0.4 is 14.4 Å². The van der Waals surface area contributed by atoms with Crippen LogP contribution in [0.15, 0.2) is 71.4 Å². The molecule has 0 radical (unpaired) electrons. The van der Waals surface area contributed by atoms with Crippen molar-refractivity contribution in [2.75, 3.05) is 18.6 Å². The third kappa shape index (κ3) is 4.12. The van der Waals surface area contributed by atoms with E-state index in [9.17, 15) is 4.79 Å². The Balaban J connectivity index is 1.57. The molecule has 0 saturated carbocycles. The molecule has 166 valence electrons. The lowest BCUT2D eigenvalue weighted by Gasteiger charge is -2.18. The monoisotopic (exact) mass is 459 g/mol. The zero-order valence-corrected chi connectivity index (χ0v) is 19.0. The first-order chi connectivity index (χ1) is 16.2. The molecule has 0 N–H and O–H groups in total. The van der Waals surface area contributed by atoms with Crippen LogP contribution in [0.4, 0.5) is 5.13 Å². The van der Waals surface area contributed by atoms with Crippen molar-refractivity contribution in [2.45, 2.75) is 13.5 Å². The summed E-state index contributed by atoms with van der Waals surface area (Å²) in [5.74, 6) is 1.28. The summed E-state index contributed by atoms with van der Waals surface area (Å²) >= 11 is 1.42. The number of pyridine rings is 1. The Morgan fingerprint density at radius 3 is 2.85 bits per heavy atom. The van der Waals surface area contributed by atoms with Crippen molar-refractivity contribution in [1.29, 1.82) is 0 Å². The first kappa shape index (κ1) is 21.0. The van der Waals surface area contributed by atoms with Gasteiger partial charge in [-0.3, -0.25) is 14.7 Å². The van der Waals surface area contributed by atoms with E-state index in [1.807, 2.05) is 55.5 Å². The van der Waals surface area contributed by atoms with E-state index in [-0.39, 0.29) is 11.7 Å². The highest BCUT2D eigenvalue weighted by Gasteiger charge is 2.25. The summed E-state index contributed by atoms with van der Waals surface area (Å²) in [6, 6.07) is 16.8. The molecular weight excluding hydrogens is 438 g/mol. The Hall–Kier alpha value is -3.91. The van der Waals surface area contributed by atoms with Gasteiger partial charge in [0.2, 0.25) is 0 Å². The molecule has 33 heavy (non-hydrogen) atoms. The van der Waals surface area contributed by atoms with E-state index < -0.39 is 0 Å². The summed E-state index contributed by atoms with van der Waals surface area (Å²) in [4.78, 5) is 24.2. The Kier molecular flexibility index (Phi) is 5.66. The van der Waals surface area contributed by atoms with Gasteiger partial charge in [0.25, 0.3) is 5.91 Å². The van der Waals surface area contributed by atoms with Crippen LogP contribution in [-0.4, -0.2) is 29.6 Å². The molecule has 0 fully saturated rings. The SMILES string of the molecule is CCOc1cccc2cc(C(=O)N(Cc3cccnc3)c3nc4ccc(OC)cc4s3)oc12. The summed E-state index contributed by atoms with van der Waals surface area (Å²) in [7, 11) is 1.62. The second-order valence-corrected chi connectivity index (χ2v) is 8.31. The van der Waals surface area contributed by atoms with Crippen LogP contribution in [0.3, 0.4) is 0 Å².